The molecule has 0 bridgehead atoms. The van der Waals surface area contributed by atoms with E-state index in [1.807, 2.05) is 0 Å². The summed E-state index contributed by atoms with van der Waals surface area (Å²) in [6.45, 7) is 2.15. The predicted octanol–water partition coefficient (Wildman–Crippen LogP) is 3.87. The largest absolute Gasteiger partial charge is 0.493 e. The summed E-state index contributed by atoms with van der Waals surface area (Å²) in [7, 11) is 1.47. The van der Waals surface area contributed by atoms with Crippen LogP contribution in [0, 0.1) is 0 Å². The molecule has 134 valence electrons. The third kappa shape index (κ3) is 4.56. The lowest BCUT2D eigenvalue weighted by atomic mass is 10.1. The van der Waals surface area contributed by atoms with Crippen molar-refractivity contribution in [3.63, 3.8) is 0 Å². The Labute approximate surface area is 142 Å². The van der Waals surface area contributed by atoms with Crippen LogP contribution in [0.1, 0.15) is 22.8 Å². The lowest BCUT2D eigenvalue weighted by molar-refractivity contribution is -0.137. The average Bonchev–Trinajstić information content (AvgIpc) is 2.59. The number of anilines is 1. The number of amides is 1. The summed E-state index contributed by atoms with van der Waals surface area (Å²) in [4.78, 5) is 12.2. The van der Waals surface area contributed by atoms with E-state index in [9.17, 15) is 18.0 Å². The third-order valence-electron chi connectivity index (χ3n) is 3.27. The predicted molar refractivity (Wildman–Crippen MR) is 86.7 cm³/mol. The highest BCUT2D eigenvalue weighted by Gasteiger charge is 2.33. The number of alkyl halides is 3. The first-order chi connectivity index (χ1) is 11.9. The highest BCUT2D eigenvalue weighted by Crippen LogP contribution is 2.34. The summed E-state index contributed by atoms with van der Waals surface area (Å²) in [5.41, 5.74) is 3.64. The van der Waals surface area contributed by atoms with Crippen molar-refractivity contribution in [3.8, 4) is 11.5 Å². The van der Waals surface area contributed by atoms with Gasteiger partial charge in [0, 0.05) is 5.56 Å². The first-order valence-corrected chi connectivity index (χ1v) is 7.40. The Morgan fingerprint density at radius 3 is 2.48 bits per heavy atom. The van der Waals surface area contributed by atoms with Crippen molar-refractivity contribution < 1.29 is 27.4 Å². The Hall–Kier alpha value is -2.90. The summed E-state index contributed by atoms with van der Waals surface area (Å²) in [6.07, 6.45) is -4.53. The minimum atomic E-state index is -4.53. The Morgan fingerprint density at radius 2 is 1.84 bits per heavy atom. The first kappa shape index (κ1) is 18.4. The number of benzene rings is 2. The number of nitrogens with one attached hydrogen (secondary N) is 2. The molecule has 5 nitrogen and oxygen atoms in total. The van der Waals surface area contributed by atoms with E-state index in [-0.39, 0.29) is 11.3 Å². The zero-order chi connectivity index (χ0) is 18.4. The Morgan fingerprint density at radius 1 is 1.12 bits per heavy atom. The van der Waals surface area contributed by atoms with Gasteiger partial charge in [0.15, 0.2) is 11.5 Å². The van der Waals surface area contributed by atoms with E-state index in [4.69, 9.17) is 9.47 Å². The number of hydrogen-bond donors (Lipinski definition) is 2. The number of hydrazine groups is 1. The number of rotatable bonds is 6. The molecule has 0 saturated carbocycles. The highest BCUT2D eigenvalue weighted by molar-refractivity contribution is 5.95. The van der Waals surface area contributed by atoms with Gasteiger partial charge in [0.2, 0.25) is 0 Å². The minimum absolute atomic E-state index is 0.209. The second kappa shape index (κ2) is 7.78. The van der Waals surface area contributed by atoms with E-state index in [0.29, 0.717) is 18.1 Å². The van der Waals surface area contributed by atoms with Crippen LogP contribution in [0.4, 0.5) is 18.9 Å². The topological polar surface area (TPSA) is 59.6 Å². The second-order valence-corrected chi connectivity index (χ2v) is 4.92. The van der Waals surface area contributed by atoms with Crippen LogP contribution in [0.15, 0.2) is 42.5 Å². The van der Waals surface area contributed by atoms with Crippen molar-refractivity contribution >= 4 is 11.6 Å². The monoisotopic (exact) mass is 354 g/mol. The lowest BCUT2D eigenvalue weighted by Crippen LogP contribution is -2.30. The maximum Gasteiger partial charge on any atom is 0.418 e. The van der Waals surface area contributed by atoms with Crippen LogP contribution in [-0.2, 0) is 6.18 Å². The number of carbonyl (C=O) groups excluding carboxylic acids is 1. The van der Waals surface area contributed by atoms with Gasteiger partial charge in [-0.25, -0.2) is 0 Å². The van der Waals surface area contributed by atoms with Gasteiger partial charge in [-0.15, -0.1) is 0 Å². The van der Waals surface area contributed by atoms with Crippen LogP contribution < -0.4 is 20.3 Å². The SMILES string of the molecule is CCOc1cc(C(=O)NNc2ccccc2C(F)(F)F)ccc1OC. The Kier molecular flexibility index (Phi) is 5.74. The fourth-order valence-electron chi connectivity index (χ4n) is 2.12. The van der Waals surface area contributed by atoms with E-state index in [1.165, 1.54) is 37.4 Å². The van der Waals surface area contributed by atoms with Crippen LogP contribution in [0.5, 0.6) is 11.5 Å². The van der Waals surface area contributed by atoms with Gasteiger partial charge < -0.3 is 9.47 Å². The molecule has 1 amide bonds. The van der Waals surface area contributed by atoms with Crippen LogP contribution >= 0.6 is 0 Å². The molecule has 2 rings (SSSR count). The molecule has 0 radical (unpaired) electrons. The van der Waals surface area contributed by atoms with Crippen molar-refractivity contribution in [3.05, 3.63) is 53.6 Å². The second-order valence-electron chi connectivity index (χ2n) is 4.92. The first-order valence-electron chi connectivity index (χ1n) is 7.40. The van der Waals surface area contributed by atoms with Crippen molar-refractivity contribution in [2.45, 2.75) is 13.1 Å². The van der Waals surface area contributed by atoms with E-state index in [0.717, 1.165) is 6.07 Å². The molecule has 0 atom stereocenters. The average molecular weight is 354 g/mol. The molecule has 0 spiro atoms. The van der Waals surface area contributed by atoms with Gasteiger partial charge >= 0.3 is 6.18 Å². The number of para-hydroxylation sites is 1. The zero-order valence-corrected chi connectivity index (χ0v) is 13.6. The molecular weight excluding hydrogens is 337 g/mol. The summed E-state index contributed by atoms with van der Waals surface area (Å²) in [5.74, 6) is 0.211. The summed E-state index contributed by atoms with van der Waals surface area (Å²) < 4.78 is 49.3. The lowest BCUT2D eigenvalue weighted by Gasteiger charge is -2.15. The molecule has 0 fully saturated rings. The highest BCUT2D eigenvalue weighted by atomic mass is 19.4. The number of carbonyl (C=O) groups is 1. The Balaban J connectivity index is 2.15. The van der Waals surface area contributed by atoms with Crippen molar-refractivity contribution in [1.82, 2.24) is 5.43 Å². The third-order valence-corrected chi connectivity index (χ3v) is 3.27. The number of ether oxygens (including phenoxy) is 2. The fraction of sp³-hybridized carbons (Fsp3) is 0.235. The van der Waals surface area contributed by atoms with Crippen molar-refractivity contribution in [2.24, 2.45) is 0 Å². The molecule has 0 aliphatic carbocycles. The quantitative estimate of drug-likeness (QED) is 0.773. The smallest absolute Gasteiger partial charge is 0.418 e. The Bertz CT molecular complexity index is 748. The number of methoxy groups -OCH3 is 1. The van der Waals surface area contributed by atoms with E-state index in [1.54, 1.807) is 13.0 Å². The number of halogens is 3. The maximum absolute atomic E-state index is 12.9. The molecule has 0 aliphatic heterocycles. The molecular formula is C17H17F3N2O3. The molecule has 0 heterocycles. The molecule has 25 heavy (non-hydrogen) atoms. The standard InChI is InChI=1S/C17H17F3N2O3/c1-3-25-15-10-11(8-9-14(15)24-2)16(23)22-21-13-7-5-4-6-12(13)17(18,19)20/h4-10,21H,3H2,1-2H3,(H,22,23). The van der Waals surface area contributed by atoms with Crippen molar-refractivity contribution in [2.75, 3.05) is 19.1 Å². The van der Waals surface area contributed by atoms with Gasteiger partial charge in [-0.05, 0) is 37.3 Å². The van der Waals surface area contributed by atoms with Crippen LogP contribution in [0.25, 0.3) is 0 Å². The molecule has 2 aromatic rings. The van der Waals surface area contributed by atoms with Gasteiger partial charge in [0.25, 0.3) is 5.91 Å². The molecule has 0 saturated heterocycles. The van der Waals surface area contributed by atoms with Gasteiger partial charge in [0.05, 0.1) is 25.0 Å². The van der Waals surface area contributed by atoms with Gasteiger partial charge in [-0.3, -0.25) is 15.6 Å². The maximum atomic E-state index is 12.9. The van der Waals surface area contributed by atoms with E-state index < -0.39 is 17.6 Å². The molecule has 0 aliphatic rings. The van der Waals surface area contributed by atoms with Gasteiger partial charge in [-0.2, -0.15) is 13.2 Å². The molecule has 2 N–H and O–H groups in total. The van der Waals surface area contributed by atoms with E-state index in [2.05, 4.69) is 10.9 Å². The zero-order valence-electron chi connectivity index (χ0n) is 13.6. The minimum Gasteiger partial charge on any atom is -0.493 e. The van der Waals surface area contributed by atoms with E-state index >= 15 is 0 Å². The van der Waals surface area contributed by atoms with Gasteiger partial charge in [0.1, 0.15) is 0 Å². The van der Waals surface area contributed by atoms with Crippen LogP contribution in [0.3, 0.4) is 0 Å². The molecule has 0 unspecified atom stereocenters. The molecule has 2 aromatic carbocycles. The fourth-order valence-corrected chi connectivity index (χ4v) is 2.12. The summed E-state index contributed by atoms with van der Waals surface area (Å²) >= 11 is 0. The van der Waals surface area contributed by atoms with Crippen molar-refractivity contribution in [1.29, 1.82) is 0 Å². The van der Waals surface area contributed by atoms with Gasteiger partial charge in [-0.1, -0.05) is 12.1 Å². The normalized spacial score (nSPS) is 10.9. The van der Waals surface area contributed by atoms with Crippen LogP contribution in [-0.4, -0.2) is 19.6 Å². The molecule has 0 aromatic heterocycles. The summed E-state index contributed by atoms with van der Waals surface area (Å²) in [6, 6.07) is 9.34. The van der Waals surface area contributed by atoms with Crippen LogP contribution in [0.2, 0.25) is 0 Å². The number of hydrogen-bond acceptors (Lipinski definition) is 4. The molecule has 8 heteroatoms. The summed E-state index contributed by atoms with van der Waals surface area (Å²) in [5, 5.41) is 0.